The van der Waals surface area contributed by atoms with Gasteiger partial charge in [0.1, 0.15) is 0 Å². The molecule has 0 aliphatic rings. The summed E-state index contributed by atoms with van der Waals surface area (Å²) in [7, 11) is 0. The van der Waals surface area contributed by atoms with E-state index in [-0.39, 0.29) is 0 Å². The zero-order chi connectivity index (χ0) is 28.4. The molecule has 0 fully saturated rings. The summed E-state index contributed by atoms with van der Waals surface area (Å²) >= 11 is 0. The smallest absolute Gasteiger partial charge is 0.303 e. The minimum absolute atomic E-state index is 0.332. The van der Waals surface area contributed by atoms with E-state index in [2.05, 4.69) is 26.0 Å². The van der Waals surface area contributed by atoms with Crippen LogP contribution in [0.15, 0.2) is 12.2 Å². The van der Waals surface area contributed by atoms with Gasteiger partial charge in [0.15, 0.2) is 0 Å². The molecule has 0 radical (unpaired) electrons. The van der Waals surface area contributed by atoms with Crippen LogP contribution in [0.5, 0.6) is 0 Å². The Morgan fingerprint density at radius 2 is 0.632 bits per heavy atom. The molecule has 0 aromatic carbocycles. The molecule has 0 saturated carbocycles. The molecule has 0 amide bonds. The lowest BCUT2D eigenvalue weighted by Crippen LogP contribution is -1.93. The highest BCUT2D eigenvalue weighted by Gasteiger charge is 1.97. The SMILES string of the molecule is CCCCCCCC/C=C/CCCCCCCC(=O)O.CCCCCCCCCCCCCCCC(=O)O. The Morgan fingerprint density at radius 3 is 0.895 bits per heavy atom. The predicted octanol–water partition coefficient (Wildman–Crippen LogP) is 11.7. The molecule has 0 saturated heterocycles. The number of carboxylic acid groups (broad SMARTS) is 2. The van der Waals surface area contributed by atoms with E-state index >= 15 is 0 Å². The summed E-state index contributed by atoms with van der Waals surface area (Å²) in [6.45, 7) is 4.52. The van der Waals surface area contributed by atoms with Crippen molar-refractivity contribution >= 4 is 11.9 Å². The van der Waals surface area contributed by atoms with E-state index in [4.69, 9.17) is 10.2 Å². The van der Waals surface area contributed by atoms with Crippen molar-refractivity contribution in [1.29, 1.82) is 0 Å². The van der Waals surface area contributed by atoms with Gasteiger partial charge < -0.3 is 10.2 Å². The van der Waals surface area contributed by atoms with Gasteiger partial charge in [-0.3, -0.25) is 9.59 Å². The molecule has 2 N–H and O–H groups in total. The first kappa shape index (κ1) is 38.8. The number of hydrogen-bond acceptors (Lipinski definition) is 2. The Morgan fingerprint density at radius 1 is 0.395 bits per heavy atom. The summed E-state index contributed by atoms with van der Waals surface area (Å²) in [6.07, 6.45) is 38.5. The molecule has 0 aromatic heterocycles. The summed E-state index contributed by atoms with van der Waals surface area (Å²) < 4.78 is 0. The summed E-state index contributed by atoms with van der Waals surface area (Å²) in [4.78, 5) is 20.6. The lowest BCUT2D eigenvalue weighted by Gasteiger charge is -2.02. The largest absolute Gasteiger partial charge is 0.481 e. The maximum atomic E-state index is 10.3. The average Bonchev–Trinajstić information content (AvgIpc) is 2.89. The molecule has 0 aromatic rings. The van der Waals surface area contributed by atoms with Gasteiger partial charge in [0.05, 0.1) is 0 Å². The topological polar surface area (TPSA) is 74.6 Å². The van der Waals surface area contributed by atoms with E-state index in [1.165, 1.54) is 141 Å². The minimum Gasteiger partial charge on any atom is -0.481 e. The van der Waals surface area contributed by atoms with Gasteiger partial charge in [-0.15, -0.1) is 0 Å². The van der Waals surface area contributed by atoms with Crippen LogP contribution >= 0.6 is 0 Å². The maximum Gasteiger partial charge on any atom is 0.303 e. The number of rotatable bonds is 29. The molecule has 0 aliphatic heterocycles. The highest BCUT2D eigenvalue weighted by molar-refractivity contribution is 5.66. The molecule has 0 spiro atoms. The first-order valence-corrected chi connectivity index (χ1v) is 16.6. The molecule has 0 unspecified atom stereocenters. The Bertz CT molecular complexity index is 501. The fourth-order valence-electron chi connectivity index (χ4n) is 4.64. The normalized spacial score (nSPS) is 11.0. The Balaban J connectivity index is 0. The third-order valence-electron chi connectivity index (χ3n) is 7.15. The zero-order valence-electron chi connectivity index (χ0n) is 25.7. The highest BCUT2D eigenvalue weighted by atomic mass is 16.4. The van der Waals surface area contributed by atoms with Crippen molar-refractivity contribution in [3.05, 3.63) is 12.2 Å². The molecular formula is C34H66O4. The van der Waals surface area contributed by atoms with Gasteiger partial charge in [-0.2, -0.15) is 0 Å². The number of aliphatic carboxylic acids is 2. The van der Waals surface area contributed by atoms with Gasteiger partial charge in [0.25, 0.3) is 0 Å². The lowest BCUT2D eigenvalue weighted by molar-refractivity contribution is -0.138. The molecule has 0 rings (SSSR count). The Hall–Kier alpha value is -1.32. The molecule has 4 nitrogen and oxygen atoms in total. The van der Waals surface area contributed by atoms with Crippen molar-refractivity contribution < 1.29 is 19.8 Å². The van der Waals surface area contributed by atoms with E-state index in [0.29, 0.717) is 12.8 Å². The standard InChI is InChI=1S/C18H34O2.C16H32O2/c1-2-3-4-5-6-7-8-9-10-11-12-13-14-15-16-17-18(19)20;1-2-3-4-5-6-7-8-9-10-11-12-13-14-15-16(17)18/h9-10H,2-8,11-17H2,1H3,(H,19,20);2-15H2,1H3,(H,17,18)/b10-9+;. The molecule has 0 aliphatic carbocycles. The van der Waals surface area contributed by atoms with E-state index in [1.54, 1.807) is 0 Å². The van der Waals surface area contributed by atoms with Crippen molar-refractivity contribution in [2.75, 3.05) is 0 Å². The second-order valence-electron chi connectivity index (χ2n) is 11.1. The summed E-state index contributed by atoms with van der Waals surface area (Å²) in [6, 6.07) is 0. The molecule has 0 bridgehead atoms. The predicted molar refractivity (Wildman–Crippen MR) is 165 cm³/mol. The van der Waals surface area contributed by atoms with E-state index in [9.17, 15) is 9.59 Å². The van der Waals surface area contributed by atoms with Crippen molar-refractivity contribution in [2.24, 2.45) is 0 Å². The maximum absolute atomic E-state index is 10.3. The van der Waals surface area contributed by atoms with Crippen LogP contribution in [0.25, 0.3) is 0 Å². The monoisotopic (exact) mass is 538 g/mol. The Kier molecular flexibility index (Phi) is 36.5. The summed E-state index contributed by atoms with van der Waals surface area (Å²) in [5.41, 5.74) is 0. The van der Waals surface area contributed by atoms with Gasteiger partial charge in [-0.1, -0.05) is 154 Å². The molecular weight excluding hydrogens is 472 g/mol. The van der Waals surface area contributed by atoms with E-state index in [0.717, 1.165) is 25.7 Å². The average molecular weight is 539 g/mol. The first-order valence-electron chi connectivity index (χ1n) is 16.6. The number of carboxylic acids is 2. The fraction of sp³-hybridized carbons (Fsp3) is 0.882. The van der Waals surface area contributed by atoms with Crippen LogP contribution in [-0.4, -0.2) is 22.2 Å². The van der Waals surface area contributed by atoms with Gasteiger partial charge in [0.2, 0.25) is 0 Å². The molecule has 0 heterocycles. The summed E-state index contributed by atoms with van der Waals surface area (Å²) in [5.74, 6) is -1.32. The van der Waals surface area contributed by atoms with Crippen LogP contribution in [0.2, 0.25) is 0 Å². The molecule has 226 valence electrons. The first-order chi connectivity index (χ1) is 18.5. The third kappa shape index (κ3) is 41.8. The highest BCUT2D eigenvalue weighted by Crippen LogP contribution is 2.13. The van der Waals surface area contributed by atoms with E-state index < -0.39 is 11.9 Å². The van der Waals surface area contributed by atoms with Crippen molar-refractivity contribution in [2.45, 2.75) is 194 Å². The van der Waals surface area contributed by atoms with Crippen LogP contribution in [0, 0.1) is 0 Å². The van der Waals surface area contributed by atoms with Crippen molar-refractivity contribution in [3.8, 4) is 0 Å². The number of unbranched alkanes of at least 4 members (excludes halogenated alkanes) is 23. The second kappa shape index (κ2) is 35.7. The van der Waals surface area contributed by atoms with Crippen LogP contribution in [0.3, 0.4) is 0 Å². The van der Waals surface area contributed by atoms with Gasteiger partial charge >= 0.3 is 11.9 Å². The summed E-state index contributed by atoms with van der Waals surface area (Å²) in [5, 5.41) is 17.0. The number of allylic oxidation sites excluding steroid dienone is 2. The molecule has 38 heavy (non-hydrogen) atoms. The Labute approximate surface area is 237 Å². The van der Waals surface area contributed by atoms with Crippen molar-refractivity contribution in [1.82, 2.24) is 0 Å². The van der Waals surface area contributed by atoms with Gasteiger partial charge in [-0.05, 0) is 38.5 Å². The van der Waals surface area contributed by atoms with Gasteiger partial charge in [0, 0.05) is 12.8 Å². The molecule has 0 atom stereocenters. The minimum atomic E-state index is -0.664. The van der Waals surface area contributed by atoms with Crippen LogP contribution < -0.4 is 0 Å². The van der Waals surface area contributed by atoms with E-state index in [1.807, 2.05) is 0 Å². The lowest BCUT2D eigenvalue weighted by atomic mass is 10.0. The van der Waals surface area contributed by atoms with Crippen LogP contribution in [-0.2, 0) is 9.59 Å². The molecule has 4 heteroatoms. The third-order valence-corrected chi connectivity index (χ3v) is 7.15. The quantitative estimate of drug-likeness (QED) is 0.0733. The van der Waals surface area contributed by atoms with Gasteiger partial charge in [-0.25, -0.2) is 0 Å². The van der Waals surface area contributed by atoms with Crippen molar-refractivity contribution in [3.63, 3.8) is 0 Å². The van der Waals surface area contributed by atoms with Crippen LogP contribution in [0.1, 0.15) is 194 Å². The number of carbonyl (C=O) groups is 2. The number of hydrogen-bond donors (Lipinski definition) is 2. The fourth-order valence-corrected chi connectivity index (χ4v) is 4.64. The zero-order valence-corrected chi connectivity index (χ0v) is 25.7. The second-order valence-corrected chi connectivity index (χ2v) is 11.1. The van der Waals surface area contributed by atoms with Crippen LogP contribution in [0.4, 0.5) is 0 Å².